The Hall–Kier alpha value is -2.94. The van der Waals surface area contributed by atoms with E-state index in [1.165, 1.54) is 31.4 Å². The summed E-state index contributed by atoms with van der Waals surface area (Å²) in [5.41, 5.74) is 7.11. The zero-order valence-corrected chi connectivity index (χ0v) is 15.3. The second-order valence-corrected chi connectivity index (χ2v) is 7.22. The molecule has 0 radical (unpaired) electrons. The molecule has 0 unspecified atom stereocenters. The van der Waals surface area contributed by atoms with Crippen LogP contribution in [0.1, 0.15) is 11.1 Å². The van der Waals surface area contributed by atoms with Crippen molar-refractivity contribution >= 4 is 27.4 Å². The largest absolute Gasteiger partial charge is 0.546 e. The van der Waals surface area contributed by atoms with Crippen LogP contribution in [0.5, 0.6) is 11.5 Å². The number of nitrogen functional groups attached to an aromatic ring is 1. The minimum Gasteiger partial charge on any atom is -0.546 e. The van der Waals surface area contributed by atoms with Crippen molar-refractivity contribution in [2.24, 2.45) is 0 Å². The molecule has 0 aliphatic carbocycles. The average molecular weight is 379 g/mol. The van der Waals surface area contributed by atoms with E-state index >= 15 is 0 Å². The number of methoxy groups -OCH3 is 1. The van der Waals surface area contributed by atoms with Crippen molar-refractivity contribution in [3.8, 4) is 11.5 Å². The van der Waals surface area contributed by atoms with Crippen molar-refractivity contribution in [3.63, 3.8) is 0 Å². The lowest BCUT2D eigenvalue weighted by atomic mass is 10.1. The third-order valence-corrected chi connectivity index (χ3v) is 5.23. The van der Waals surface area contributed by atoms with Crippen LogP contribution in [0.3, 0.4) is 0 Å². The van der Waals surface area contributed by atoms with Gasteiger partial charge >= 0.3 is 0 Å². The van der Waals surface area contributed by atoms with Crippen LogP contribution in [0.25, 0.3) is 0 Å². The van der Waals surface area contributed by atoms with Crippen LogP contribution in [0, 0.1) is 13.8 Å². The fourth-order valence-corrected chi connectivity index (χ4v) is 4.06. The van der Waals surface area contributed by atoms with E-state index in [9.17, 15) is 18.3 Å². The number of hydrogen-bond donors (Lipinski definition) is 2. The Kier molecular flexibility index (Phi) is 5.61. The number of rotatable bonds is 7. The Morgan fingerprint density at radius 2 is 1.77 bits per heavy atom. The molecule has 0 saturated carbocycles. The highest BCUT2D eigenvalue weighted by Crippen LogP contribution is 2.30. The molecule has 0 aliphatic heterocycles. The van der Waals surface area contributed by atoms with Crippen molar-refractivity contribution in [3.05, 3.63) is 41.5 Å². The summed E-state index contributed by atoms with van der Waals surface area (Å²) in [6.07, 6.45) is 0. The van der Waals surface area contributed by atoms with Crippen LogP contribution < -0.4 is 25.0 Å². The van der Waals surface area contributed by atoms with Gasteiger partial charge in [-0.05, 0) is 49.2 Å². The highest BCUT2D eigenvalue weighted by Gasteiger charge is 2.21. The summed E-state index contributed by atoms with van der Waals surface area (Å²) in [6, 6.07) is 7.50. The number of carboxylic acids is 1. The van der Waals surface area contributed by atoms with Crippen LogP contribution >= 0.6 is 0 Å². The molecular weight excluding hydrogens is 360 g/mol. The SMILES string of the molecule is COc1ccc(NS(=O)(=O)c2c(C)cc(OCC(=O)[O-])cc2C)c(N)c1. The van der Waals surface area contributed by atoms with Gasteiger partial charge in [0.1, 0.15) is 18.1 Å². The Balaban J connectivity index is 2.35. The predicted octanol–water partition coefficient (Wildman–Crippen LogP) is 0.824. The zero-order valence-electron chi connectivity index (χ0n) is 14.5. The number of anilines is 2. The summed E-state index contributed by atoms with van der Waals surface area (Å²) < 4.78 is 38.1. The van der Waals surface area contributed by atoms with Gasteiger partial charge in [-0.15, -0.1) is 0 Å². The molecule has 0 aliphatic rings. The maximum absolute atomic E-state index is 12.8. The Bertz CT molecular complexity index is 917. The third-order valence-electron chi connectivity index (χ3n) is 3.56. The average Bonchev–Trinajstić information content (AvgIpc) is 2.53. The van der Waals surface area contributed by atoms with Crippen LogP contribution in [0.2, 0.25) is 0 Å². The minimum absolute atomic E-state index is 0.0634. The Labute approximate surface area is 151 Å². The third kappa shape index (κ3) is 4.37. The molecule has 0 amide bonds. The molecule has 0 fully saturated rings. The zero-order chi connectivity index (χ0) is 19.5. The number of nitrogens with two attached hydrogens (primary N) is 1. The predicted molar refractivity (Wildman–Crippen MR) is 94.6 cm³/mol. The standard InChI is InChI=1S/C17H20N2O6S/c1-10-6-13(25-9-16(20)21)7-11(2)17(10)26(22,23)19-15-5-4-12(24-3)8-14(15)18/h4-8,19H,9,18H2,1-3H3,(H,20,21)/p-1. The molecule has 0 saturated heterocycles. The van der Waals surface area contributed by atoms with Gasteiger partial charge in [-0.25, -0.2) is 8.42 Å². The molecule has 2 aromatic rings. The number of benzene rings is 2. The molecule has 0 spiro atoms. The first-order chi connectivity index (χ1) is 12.1. The van der Waals surface area contributed by atoms with Gasteiger partial charge in [-0.3, -0.25) is 4.72 Å². The molecule has 9 heteroatoms. The molecule has 140 valence electrons. The molecule has 0 bridgehead atoms. The number of aryl methyl sites for hydroxylation is 2. The number of sulfonamides is 1. The summed E-state index contributed by atoms with van der Waals surface area (Å²) >= 11 is 0. The van der Waals surface area contributed by atoms with Crippen molar-refractivity contribution in [2.45, 2.75) is 18.7 Å². The monoisotopic (exact) mass is 379 g/mol. The first kappa shape index (κ1) is 19.4. The van der Waals surface area contributed by atoms with Gasteiger partial charge in [0.05, 0.1) is 29.3 Å². The van der Waals surface area contributed by atoms with Gasteiger partial charge in [0.2, 0.25) is 0 Å². The highest BCUT2D eigenvalue weighted by molar-refractivity contribution is 7.92. The molecular formula is C17H19N2O6S-. The number of carbonyl (C=O) groups is 1. The van der Waals surface area contributed by atoms with Gasteiger partial charge < -0.3 is 25.1 Å². The molecule has 0 heterocycles. The topological polar surface area (TPSA) is 131 Å². The quantitative estimate of drug-likeness (QED) is 0.681. The second kappa shape index (κ2) is 7.52. The maximum atomic E-state index is 12.8. The number of carboxylic acid groups (broad SMARTS) is 1. The Morgan fingerprint density at radius 3 is 2.27 bits per heavy atom. The van der Waals surface area contributed by atoms with Crippen LogP contribution in [0.4, 0.5) is 11.4 Å². The van der Waals surface area contributed by atoms with E-state index in [-0.39, 0.29) is 22.0 Å². The van der Waals surface area contributed by atoms with E-state index < -0.39 is 22.6 Å². The number of carbonyl (C=O) groups excluding carboxylic acids is 1. The van der Waals surface area contributed by atoms with Crippen molar-refractivity contribution in [2.75, 3.05) is 24.2 Å². The van der Waals surface area contributed by atoms with Crippen LogP contribution in [0.15, 0.2) is 35.2 Å². The fraction of sp³-hybridized carbons (Fsp3) is 0.235. The van der Waals surface area contributed by atoms with E-state index in [2.05, 4.69) is 4.72 Å². The van der Waals surface area contributed by atoms with E-state index in [4.69, 9.17) is 15.2 Å². The van der Waals surface area contributed by atoms with Gasteiger partial charge in [0.15, 0.2) is 0 Å². The molecule has 8 nitrogen and oxygen atoms in total. The summed E-state index contributed by atoms with van der Waals surface area (Å²) in [4.78, 5) is 10.6. The van der Waals surface area contributed by atoms with Gasteiger partial charge in [-0.1, -0.05) is 0 Å². The summed E-state index contributed by atoms with van der Waals surface area (Å²) in [5.74, 6) is -0.618. The molecule has 2 aromatic carbocycles. The minimum atomic E-state index is -3.92. The molecule has 0 atom stereocenters. The van der Waals surface area contributed by atoms with E-state index in [0.29, 0.717) is 16.9 Å². The highest BCUT2D eigenvalue weighted by atomic mass is 32.2. The summed E-state index contributed by atoms with van der Waals surface area (Å²) in [5, 5.41) is 10.5. The van der Waals surface area contributed by atoms with Crippen LogP contribution in [-0.2, 0) is 14.8 Å². The fourth-order valence-electron chi connectivity index (χ4n) is 2.52. The first-order valence-corrected chi connectivity index (χ1v) is 9.02. The van der Waals surface area contributed by atoms with E-state index in [0.717, 1.165) is 0 Å². The number of hydrogen-bond acceptors (Lipinski definition) is 7. The maximum Gasteiger partial charge on any atom is 0.262 e. The summed E-state index contributed by atoms with van der Waals surface area (Å²) in [6.45, 7) is 2.56. The van der Waals surface area contributed by atoms with Gasteiger partial charge in [0, 0.05) is 6.07 Å². The van der Waals surface area contributed by atoms with Crippen molar-refractivity contribution in [1.29, 1.82) is 0 Å². The molecule has 0 aromatic heterocycles. The molecule has 2 rings (SSSR count). The van der Waals surface area contributed by atoms with E-state index in [1.807, 2.05) is 0 Å². The lowest BCUT2D eigenvalue weighted by Gasteiger charge is -2.16. The lowest BCUT2D eigenvalue weighted by Crippen LogP contribution is -2.29. The first-order valence-electron chi connectivity index (χ1n) is 7.54. The van der Waals surface area contributed by atoms with Crippen molar-refractivity contribution < 1.29 is 27.8 Å². The lowest BCUT2D eigenvalue weighted by molar-refractivity contribution is -0.307. The Morgan fingerprint density at radius 1 is 1.15 bits per heavy atom. The van der Waals surface area contributed by atoms with Crippen LogP contribution in [-0.4, -0.2) is 28.1 Å². The van der Waals surface area contributed by atoms with Gasteiger partial charge in [-0.2, -0.15) is 0 Å². The normalized spacial score (nSPS) is 11.0. The van der Waals surface area contributed by atoms with Gasteiger partial charge in [0.25, 0.3) is 10.0 Å². The number of aliphatic carboxylic acids is 1. The molecule has 3 N–H and O–H groups in total. The summed E-state index contributed by atoms with van der Waals surface area (Å²) in [7, 11) is -2.44. The van der Waals surface area contributed by atoms with Crippen molar-refractivity contribution in [1.82, 2.24) is 0 Å². The number of ether oxygens (including phenoxy) is 2. The number of nitrogens with one attached hydrogen (secondary N) is 1. The molecule has 26 heavy (non-hydrogen) atoms. The van der Waals surface area contributed by atoms with E-state index in [1.54, 1.807) is 19.9 Å². The second-order valence-electron chi connectivity index (χ2n) is 5.61. The smallest absolute Gasteiger partial charge is 0.262 e.